The van der Waals surface area contributed by atoms with Crippen molar-refractivity contribution in [1.29, 1.82) is 0 Å². The number of ether oxygens (including phenoxy) is 1. The van der Waals surface area contributed by atoms with E-state index in [1.54, 1.807) is 0 Å². The third-order valence-electron chi connectivity index (χ3n) is 4.44. The molecular weight excluding hydrogens is 432 g/mol. The van der Waals surface area contributed by atoms with E-state index in [4.69, 9.17) is 4.74 Å². The number of rotatable bonds is 8. The van der Waals surface area contributed by atoms with Gasteiger partial charge in [-0.25, -0.2) is 14.4 Å². The Hall–Kier alpha value is -3.70. The van der Waals surface area contributed by atoms with Gasteiger partial charge in [-0.1, -0.05) is 0 Å². The molecule has 3 aromatic rings. The molecule has 0 radical (unpaired) electrons. The second-order valence-electron chi connectivity index (χ2n) is 6.81. The lowest BCUT2D eigenvalue weighted by molar-refractivity contribution is -0.142. The van der Waals surface area contributed by atoms with Crippen molar-refractivity contribution in [3.05, 3.63) is 59.4 Å². The number of carbonyl (C=O) groups excluding carboxylic acids is 1. The molecule has 0 spiro atoms. The molecule has 0 saturated carbocycles. The predicted molar refractivity (Wildman–Crippen MR) is 107 cm³/mol. The first kappa shape index (κ1) is 23.0. The summed E-state index contributed by atoms with van der Waals surface area (Å²) in [6.45, 7) is -1.20. The standard InChI is InChI=1S/C20H20F4N6O2/c1-25-18(31)14-5-13(17(21)16(6-14)32-2)4-3-12-7-26-19(27-8-12)29-15-9-28-30(10-15)11-20(22,23)24/h5-10H,3-4,11H2,1-2H3,(H,25,31)(H,26,27,29). The number of nitrogens with one attached hydrogen (secondary N) is 2. The van der Waals surface area contributed by atoms with E-state index in [9.17, 15) is 22.4 Å². The number of benzene rings is 1. The van der Waals surface area contributed by atoms with E-state index in [0.29, 0.717) is 23.2 Å². The van der Waals surface area contributed by atoms with Gasteiger partial charge >= 0.3 is 6.18 Å². The summed E-state index contributed by atoms with van der Waals surface area (Å²) in [6, 6.07) is 2.80. The van der Waals surface area contributed by atoms with E-state index in [2.05, 4.69) is 25.7 Å². The molecule has 0 bridgehead atoms. The quantitative estimate of drug-likeness (QED) is 0.510. The van der Waals surface area contributed by atoms with Gasteiger partial charge in [0, 0.05) is 31.2 Å². The highest BCUT2D eigenvalue weighted by molar-refractivity contribution is 5.94. The van der Waals surface area contributed by atoms with E-state index < -0.39 is 18.5 Å². The third kappa shape index (κ3) is 5.93. The number of anilines is 2. The van der Waals surface area contributed by atoms with Crippen LogP contribution in [0.2, 0.25) is 0 Å². The molecule has 12 heteroatoms. The third-order valence-corrected chi connectivity index (χ3v) is 4.44. The SMILES string of the molecule is CNC(=O)c1cc(CCc2cnc(Nc3cnn(CC(F)(F)F)c3)nc2)c(F)c(OC)c1. The molecule has 2 heterocycles. The number of halogens is 4. The van der Waals surface area contributed by atoms with Crippen molar-refractivity contribution in [3.8, 4) is 5.75 Å². The first-order valence-corrected chi connectivity index (χ1v) is 9.44. The molecule has 8 nitrogen and oxygen atoms in total. The molecule has 170 valence electrons. The lowest BCUT2D eigenvalue weighted by atomic mass is 10.0. The molecule has 0 atom stereocenters. The molecule has 2 N–H and O–H groups in total. The molecule has 3 rings (SSSR count). The Kier molecular flexibility index (Phi) is 6.91. The maximum atomic E-state index is 14.6. The topological polar surface area (TPSA) is 94.0 Å². The average Bonchev–Trinajstić information content (AvgIpc) is 3.18. The number of methoxy groups -OCH3 is 1. The van der Waals surface area contributed by atoms with Gasteiger partial charge in [0.15, 0.2) is 11.6 Å². The minimum atomic E-state index is -4.37. The maximum absolute atomic E-state index is 14.6. The summed E-state index contributed by atoms with van der Waals surface area (Å²) < 4.78 is 57.6. The highest BCUT2D eigenvalue weighted by Gasteiger charge is 2.28. The van der Waals surface area contributed by atoms with Gasteiger partial charge in [0.25, 0.3) is 5.91 Å². The van der Waals surface area contributed by atoms with Crippen LogP contribution in [0.3, 0.4) is 0 Å². The lowest BCUT2D eigenvalue weighted by Gasteiger charge is -2.11. The summed E-state index contributed by atoms with van der Waals surface area (Å²) in [5.41, 5.74) is 1.60. The van der Waals surface area contributed by atoms with Crippen molar-refractivity contribution < 1.29 is 27.1 Å². The number of amides is 1. The van der Waals surface area contributed by atoms with E-state index in [1.807, 2.05) is 0 Å². The zero-order valence-corrected chi connectivity index (χ0v) is 17.2. The summed E-state index contributed by atoms with van der Waals surface area (Å²) in [5.74, 6) is -0.755. The van der Waals surface area contributed by atoms with Gasteiger partial charge < -0.3 is 15.4 Å². The molecule has 0 aliphatic rings. The van der Waals surface area contributed by atoms with E-state index >= 15 is 0 Å². The zero-order chi connectivity index (χ0) is 23.3. The van der Waals surface area contributed by atoms with Crippen LogP contribution in [-0.2, 0) is 19.4 Å². The van der Waals surface area contributed by atoms with E-state index in [-0.39, 0.29) is 29.6 Å². The monoisotopic (exact) mass is 452 g/mol. The van der Waals surface area contributed by atoms with Crippen LogP contribution in [-0.4, -0.2) is 46.0 Å². The Labute approximate surface area is 180 Å². The summed E-state index contributed by atoms with van der Waals surface area (Å²) in [7, 11) is 2.80. The highest BCUT2D eigenvalue weighted by Crippen LogP contribution is 2.24. The Balaban J connectivity index is 1.65. The molecular formula is C20H20F4N6O2. The minimum Gasteiger partial charge on any atom is -0.494 e. The molecule has 0 unspecified atom stereocenters. The molecule has 0 aliphatic carbocycles. The molecule has 1 amide bonds. The van der Waals surface area contributed by atoms with Crippen molar-refractivity contribution in [1.82, 2.24) is 25.1 Å². The largest absolute Gasteiger partial charge is 0.494 e. The summed E-state index contributed by atoms with van der Waals surface area (Å²) in [4.78, 5) is 20.1. The molecule has 1 aromatic carbocycles. The maximum Gasteiger partial charge on any atom is 0.408 e. The Bertz CT molecular complexity index is 1080. The van der Waals surface area contributed by atoms with Gasteiger partial charge in [-0.3, -0.25) is 9.48 Å². The summed E-state index contributed by atoms with van der Waals surface area (Å²) in [6.07, 6.45) is 1.76. The predicted octanol–water partition coefficient (Wildman–Crippen LogP) is 3.27. The minimum absolute atomic E-state index is 0.0250. The molecule has 0 saturated heterocycles. The number of hydrogen-bond acceptors (Lipinski definition) is 6. The smallest absolute Gasteiger partial charge is 0.408 e. The van der Waals surface area contributed by atoms with Gasteiger partial charge in [-0.2, -0.15) is 18.3 Å². The van der Waals surface area contributed by atoms with E-state index in [0.717, 1.165) is 4.68 Å². The van der Waals surface area contributed by atoms with Crippen LogP contribution in [0, 0.1) is 5.82 Å². The van der Waals surface area contributed by atoms with Crippen LogP contribution in [0.25, 0.3) is 0 Å². The number of carbonyl (C=O) groups is 1. The fourth-order valence-corrected chi connectivity index (χ4v) is 2.92. The lowest BCUT2D eigenvalue weighted by Crippen LogP contribution is -2.18. The summed E-state index contributed by atoms with van der Waals surface area (Å²) in [5, 5.41) is 8.88. The van der Waals surface area contributed by atoms with Crippen molar-refractivity contribution in [3.63, 3.8) is 0 Å². The second-order valence-corrected chi connectivity index (χ2v) is 6.81. The fourth-order valence-electron chi connectivity index (χ4n) is 2.92. The molecule has 2 aromatic heterocycles. The number of aromatic nitrogens is 4. The number of hydrogen-bond donors (Lipinski definition) is 2. The van der Waals surface area contributed by atoms with Gasteiger partial charge in [0.2, 0.25) is 5.95 Å². The number of alkyl halides is 3. The average molecular weight is 452 g/mol. The van der Waals surface area contributed by atoms with Crippen LogP contribution >= 0.6 is 0 Å². The highest BCUT2D eigenvalue weighted by atomic mass is 19.4. The van der Waals surface area contributed by atoms with Gasteiger partial charge in [-0.05, 0) is 36.1 Å². The van der Waals surface area contributed by atoms with Crippen molar-refractivity contribution in [2.24, 2.45) is 0 Å². The Morgan fingerprint density at radius 1 is 1.16 bits per heavy atom. The van der Waals surface area contributed by atoms with Gasteiger partial charge in [0.1, 0.15) is 6.54 Å². The van der Waals surface area contributed by atoms with Crippen LogP contribution in [0.15, 0.2) is 36.9 Å². The van der Waals surface area contributed by atoms with Crippen LogP contribution in [0.4, 0.5) is 29.2 Å². The first-order valence-electron chi connectivity index (χ1n) is 9.44. The van der Waals surface area contributed by atoms with Gasteiger partial charge in [-0.15, -0.1) is 0 Å². The van der Waals surface area contributed by atoms with Crippen LogP contribution < -0.4 is 15.4 Å². The summed E-state index contributed by atoms with van der Waals surface area (Å²) >= 11 is 0. The Morgan fingerprint density at radius 3 is 2.50 bits per heavy atom. The first-order chi connectivity index (χ1) is 15.2. The molecule has 0 aliphatic heterocycles. The normalized spacial score (nSPS) is 11.3. The van der Waals surface area contributed by atoms with Crippen molar-refractivity contribution >= 4 is 17.5 Å². The zero-order valence-electron chi connectivity index (χ0n) is 17.2. The fraction of sp³-hybridized carbons (Fsp3) is 0.300. The van der Waals surface area contributed by atoms with Crippen LogP contribution in [0.5, 0.6) is 5.75 Å². The Morgan fingerprint density at radius 2 is 1.88 bits per heavy atom. The molecule has 32 heavy (non-hydrogen) atoms. The van der Waals surface area contributed by atoms with Crippen LogP contribution in [0.1, 0.15) is 21.5 Å². The van der Waals surface area contributed by atoms with Gasteiger partial charge in [0.05, 0.1) is 19.0 Å². The number of nitrogens with zero attached hydrogens (tertiary/aromatic N) is 4. The number of aryl methyl sites for hydroxylation is 2. The van der Waals surface area contributed by atoms with E-state index in [1.165, 1.54) is 51.1 Å². The van der Waals surface area contributed by atoms with Crippen molar-refractivity contribution in [2.75, 3.05) is 19.5 Å². The second kappa shape index (κ2) is 9.62. The molecule has 0 fully saturated rings. The van der Waals surface area contributed by atoms with Crippen molar-refractivity contribution in [2.45, 2.75) is 25.6 Å².